The second kappa shape index (κ2) is 9.23. The molecule has 146 valence electrons. The second-order valence-corrected chi connectivity index (χ2v) is 6.75. The number of rotatable bonds is 8. The van der Waals surface area contributed by atoms with Gasteiger partial charge in [0.2, 0.25) is 5.91 Å². The fraction of sp³-hybridized carbons (Fsp3) is 0.238. The van der Waals surface area contributed by atoms with Crippen LogP contribution in [0.3, 0.4) is 0 Å². The zero-order valence-electron chi connectivity index (χ0n) is 16.0. The van der Waals surface area contributed by atoms with Crippen LogP contribution in [0.5, 0.6) is 17.2 Å². The molecule has 0 bridgehead atoms. The molecule has 28 heavy (non-hydrogen) atoms. The minimum absolute atomic E-state index is 0.143. The Morgan fingerprint density at radius 1 is 1.07 bits per heavy atom. The number of nitrogens with zero attached hydrogens (tertiary/aromatic N) is 1. The average Bonchev–Trinajstić information content (AvgIpc) is 3.17. The first-order valence-corrected chi connectivity index (χ1v) is 9.70. The number of hydrogen-bond donors (Lipinski definition) is 1. The van der Waals surface area contributed by atoms with Gasteiger partial charge in [-0.05, 0) is 43.3 Å². The van der Waals surface area contributed by atoms with Crippen molar-refractivity contribution >= 4 is 22.9 Å². The molecule has 0 unspecified atom stereocenters. The summed E-state index contributed by atoms with van der Waals surface area (Å²) < 4.78 is 15.9. The Labute approximate surface area is 168 Å². The van der Waals surface area contributed by atoms with Gasteiger partial charge in [-0.3, -0.25) is 4.79 Å². The highest BCUT2D eigenvalue weighted by atomic mass is 32.1. The predicted molar refractivity (Wildman–Crippen MR) is 111 cm³/mol. The third kappa shape index (κ3) is 4.80. The SMILES string of the molecule is CCOc1ccc(-c2nc(CC(=O)Nc3ccc(OC)c(OC)c3)cs2)cc1. The molecule has 3 aromatic rings. The number of anilines is 1. The number of thiazole rings is 1. The molecule has 0 aliphatic rings. The minimum Gasteiger partial charge on any atom is -0.494 e. The first kappa shape index (κ1) is 19.7. The number of ether oxygens (including phenoxy) is 3. The predicted octanol–water partition coefficient (Wildman–Crippen LogP) is 4.41. The van der Waals surface area contributed by atoms with Crippen LogP contribution in [0.15, 0.2) is 47.8 Å². The standard InChI is InChI=1S/C21H22N2O4S/c1-4-27-17-8-5-14(6-9-17)21-23-16(13-28-21)12-20(24)22-15-7-10-18(25-2)19(11-15)26-3/h5-11,13H,4,12H2,1-3H3,(H,22,24). The topological polar surface area (TPSA) is 69.7 Å². The van der Waals surface area contributed by atoms with E-state index in [4.69, 9.17) is 14.2 Å². The highest BCUT2D eigenvalue weighted by molar-refractivity contribution is 7.13. The van der Waals surface area contributed by atoms with Crippen LogP contribution in [-0.4, -0.2) is 31.7 Å². The van der Waals surface area contributed by atoms with Crippen LogP contribution in [-0.2, 0) is 11.2 Å². The number of hydrogen-bond acceptors (Lipinski definition) is 6. The summed E-state index contributed by atoms with van der Waals surface area (Å²) in [5.74, 6) is 1.86. The fourth-order valence-electron chi connectivity index (χ4n) is 2.66. The van der Waals surface area contributed by atoms with Crippen molar-refractivity contribution in [2.45, 2.75) is 13.3 Å². The van der Waals surface area contributed by atoms with Gasteiger partial charge in [0, 0.05) is 22.7 Å². The maximum Gasteiger partial charge on any atom is 0.230 e. The number of benzene rings is 2. The molecule has 7 heteroatoms. The third-order valence-electron chi connectivity index (χ3n) is 3.97. The Bertz CT molecular complexity index is 938. The molecule has 1 heterocycles. The van der Waals surface area contributed by atoms with E-state index in [1.165, 1.54) is 11.3 Å². The Hall–Kier alpha value is -3.06. The van der Waals surface area contributed by atoms with E-state index >= 15 is 0 Å². The quantitative estimate of drug-likeness (QED) is 0.609. The molecule has 1 aromatic heterocycles. The highest BCUT2D eigenvalue weighted by Crippen LogP contribution is 2.30. The molecule has 0 spiro atoms. The average molecular weight is 398 g/mol. The lowest BCUT2D eigenvalue weighted by atomic mass is 10.2. The van der Waals surface area contributed by atoms with Crippen LogP contribution in [0, 0.1) is 0 Å². The minimum atomic E-state index is -0.143. The van der Waals surface area contributed by atoms with Gasteiger partial charge in [-0.25, -0.2) is 4.98 Å². The van der Waals surface area contributed by atoms with E-state index in [9.17, 15) is 4.79 Å². The summed E-state index contributed by atoms with van der Waals surface area (Å²) in [6.45, 7) is 2.59. The van der Waals surface area contributed by atoms with E-state index in [-0.39, 0.29) is 12.3 Å². The van der Waals surface area contributed by atoms with Crippen molar-refractivity contribution in [3.63, 3.8) is 0 Å². The Morgan fingerprint density at radius 3 is 2.50 bits per heavy atom. The van der Waals surface area contributed by atoms with E-state index in [1.54, 1.807) is 32.4 Å². The van der Waals surface area contributed by atoms with Crippen molar-refractivity contribution in [1.82, 2.24) is 4.98 Å². The zero-order chi connectivity index (χ0) is 19.9. The van der Waals surface area contributed by atoms with Crippen LogP contribution in [0.1, 0.15) is 12.6 Å². The lowest BCUT2D eigenvalue weighted by molar-refractivity contribution is -0.115. The number of carbonyl (C=O) groups is 1. The first-order chi connectivity index (χ1) is 13.6. The summed E-state index contributed by atoms with van der Waals surface area (Å²) in [5.41, 5.74) is 2.37. The summed E-state index contributed by atoms with van der Waals surface area (Å²) in [5, 5.41) is 5.64. The lowest BCUT2D eigenvalue weighted by Crippen LogP contribution is -2.14. The van der Waals surface area contributed by atoms with E-state index in [0.717, 1.165) is 22.0 Å². The molecule has 0 aliphatic carbocycles. The summed E-state index contributed by atoms with van der Waals surface area (Å²) >= 11 is 1.51. The fourth-order valence-corrected chi connectivity index (χ4v) is 3.49. The molecule has 1 amide bonds. The molecule has 1 N–H and O–H groups in total. The molecule has 0 fully saturated rings. The summed E-state index contributed by atoms with van der Waals surface area (Å²) in [6, 6.07) is 13.0. The van der Waals surface area contributed by atoms with Gasteiger partial charge in [-0.15, -0.1) is 11.3 Å². The number of aromatic nitrogens is 1. The smallest absolute Gasteiger partial charge is 0.230 e. The molecule has 6 nitrogen and oxygen atoms in total. The third-order valence-corrected chi connectivity index (χ3v) is 4.91. The van der Waals surface area contributed by atoms with Crippen LogP contribution in [0.4, 0.5) is 5.69 Å². The Kier molecular flexibility index (Phi) is 6.49. The van der Waals surface area contributed by atoms with Gasteiger partial charge >= 0.3 is 0 Å². The van der Waals surface area contributed by atoms with Crippen molar-refractivity contribution in [3.05, 3.63) is 53.5 Å². The normalized spacial score (nSPS) is 10.4. The monoisotopic (exact) mass is 398 g/mol. The number of amides is 1. The van der Waals surface area contributed by atoms with Crippen LogP contribution in [0.2, 0.25) is 0 Å². The van der Waals surface area contributed by atoms with Gasteiger partial charge < -0.3 is 19.5 Å². The van der Waals surface area contributed by atoms with Crippen molar-refractivity contribution in [1.29, 1.82) is 0 Å². The Morgan fingerprint density at radius 2 is 1.82 bits per heavy atom. The maximum atomic E-state index is 12.4. The highest BCUT2D eigenvalue weighted by Gasteiger charge is 2.11. The summed E-state index contributed by atoms with van der Waals surface area (Å²) in [4.78, 5) is 16.9. The largest absolute Gasteiger partial charge is 0.494 e. The maximum absolute atomic E-state index is 12.4. The van der Waals surface area contributed by atoms with E-state index < -0.39 is 0 Å². The molecule has 0 saturated carbocycles. The summed E-state index contributed by atoms with van der Waals surface area (Å²) in [6.07, 6.45) is 0.196. The van der Waals surface area contributed by atoms with E-state index in [2.05, 4.69) is 10.3 Å². The van der Waals surface area contributed by atoms with Crippen LogP contribution >= 0.6 is 11.3 Å². The Balaban J connectivity index is 1.64. The van der Waals surface area contributed by atoms with Gasteiger partial charge in [0.25, 0.3) is 0 Å². The zero-order valence-corrected chi connectivity index (χ0v) is 16.8. The van der Waals surface area contributed by atoms with Crippen LogP contribution in [0.25, 0.3) is 10.6 Å². The number of methoxy groups -OCH3 is 2. The van der Waals surface area contributed by atoms with Gasteiger partial charge in [0.1, 0.15) is 10.8 Å². The first-order valence-electron chi connectivity index (χ1n) is 8.82. The van der Waals surface area contributed by atoms with Crippen molar-refractivity contribution in [2.75, 3.05) is 26.1 Å². The van der Waals surface area contributed by atoms with Gasteiger partial charge in [0.05, 0.1) is 32.9 Å². The molecule has 0 saturated heterocycles. The second-order valence-electron chi connectivity index (χ2n) is 5.90. The number of carbonyl (C=O) groups excluding carboxylic acids is 1. The van der Waals surface area contributed by atoms with Gasteiger partial charge in [-0.1, -0.05) is 0 Å². The molecule has 2 aromatic carbocycles. The molecule has 3 rings (SSSR count). The van der Waals surface area contributed by atoms with Gasteiger partial charge in [0.15, 0.2) is 11.5 Å². The molecule has 0 atom stereocenters. The number of nitrogens with one attached hydrogen (secondary N) is 1. The van der Waals surface area contributed by atoms with Crippen molar-refractivity contribution in [3.8, 4) is 27.8 Å². The molecular formula is C21H22N2O4S. The van der Waals surface area contributed by atoms with Crippen molar-refractivity contribution in [2.24, 2.45) is 0 Å². The van der Waals surface area contributed by atoms with E-state index in [1.807, 2.05) is 36.6 Å². The van der Waals surface area contributed by atoms with Crippen molar-refractivity contribution < 1.29 is 19.0 Å². The molecule has 0 radical (unpaired) electrons. The van der Waals surface area contributed by atoms with Gasteiger partial charge in [-0.2, -0.15) is 0 Å². The van der Waals surface area contributed by atoms with Crippen LogP contribution < -0.4 is 19.5 Å². The molecular weight excluding hydrogens is 376 g/mol. The summed E-state index contributed by atoms with van der Waals surface area (Å²) in [7, 11) is 3.13. The lowest BCUT2D eigenvalue weighted by Gasteiger charge is -2.10. The molecule has 0 aliphatic heterocycles. The van der Waals surface area contributed by atoms with E-state index in [0.29, 0.717) is 23.8 Å².